The van der Waals surface area contributed by atoms with Crippen molar-refractivity contribution in [1.82, 2.24) is 9.78 Å². The monoisotopic (exact) mass is 240 g/mol. The molecule has 1 heterocycles. The van der Waals surface area contributed by atoms with Crippen LogP contribution in [-0.4, -0.2) is 9.78 Å². The summed E-state index contributed by atoms with van der Waals surface area (Å²) in [5, 5.41) is 5.59. The molecule has 0 saturated heterocycles. The van der Waals surface area contributed by atoms with Gasteiger partial charge in [0.1, 0.15) is 5.15 Å². The quantitative estimate of drug-likeness (QED) is 0.742. The largest absolute Gasteiger partial charge is 0.220 e. The number of hydrogen-bond donors (Lipinski definition) is 0. The number of halogens is 2. The molecule has 0 bridgehead atoms. The Balaban J connectivity index is 2.65. The van der Waals surface area contributed by atoms with E-state index in [-0.39, 0.29) is 0 Å². The highest BCUT2D eigenvalue weighted by molar-refractivity contribution is 6.33. The van der Waals surface area contributed by atoms with E-state index >= 15 is 0 Å². The minimum atomic E-state index is 0.612. The zero-order valence-corrected chi connectivity index (χ0v) is 9.97. The molecule has 2 aromatic rings. The second-order valence-corrected chi connectivity index (χ2v) is 4.13. The molecule has 0 aliphatic heterocycles. The van der Waals surface area contributed by atoms with Crippen molar-refractivity contribution < 1.29 is 0 Å². The van der Waals surface area contributed by atoms with Crippen molar-refractivity contribution in [3.8, 4) is 5.69 Å². The molecule has 2 rings (SSSR count). The zero-order chi connectivity index (χ0) is 11.0. The smallest absolute Gasteiger partial charge is 0.136 e. The molecule has 2 nitrogen and oxygen atoms in total. The highest BCUT2D eigenvalue weighted by Crippen LogP contribution is 2.26. The molecule has 78 valence electrons. The molecule has 0 N–H and O–H groups in total. The van der Waals surface area contributed by atoms with Gasteiger partial charge in [-0.05, 0) is 26.0 Å². The van der Waals surface area contributed by atoms with Crippen LogP contribution in [0.2, 0.25) is 10.2 Å². The molecular weight excluding hydrogens is 231 g/mol. The lowest BCUT2D eigenvalue weighted by Crippen LogP contribution is -1.97. The molecule has 0 aliphatic rings. The van der Waals surface area contributed by atoms with Gasteiger partial charge in [-0.3, -0.25) is 0 Å². The summed E-state index contributed by atoms with van der Waals surface area (Å²) in [7, 11) is 0. The molecule has 0 atom stereocenters. The lowest BCUT2D eigenvalue weighted by Gasteiger charge is -2.04. The third-order valence-corrected chi connectivity index (χ3v) is 3.13. The second kappa shape index (κ2) is 3.87. The van der Waals surface area contributed by atoms with Gasteiger partial charge >= 0.3 is 0 Å². The van der Waals surface area contributed by atoms with Crippen LogP contribution in [0.1, 0.15) is 11.3 Å². The van der Waals surface area contributed by atoms with Gasteiger partial charge in [0, 0.05) is 5.56 Å². The van der Waals surface area contributed by atoms with E-state index in [2.05, 4.69) is 5.10 Å². The van der Waals surface area contributed by atoms with Crippen molar-refractivity contribution >= 4 is 23.2 Å². The average molecular weight is 241 g/mol. The lowest BCUT2D eigenvalue weighted by atomic mass is 10.3. The number of hydrogen-bond acceptors (Lipinski definition) is 1. The van der Waals surface area contributed by atoms with Crippen LogP contribution in [0.25, 0.3) is 5.69 Å². The Hall–Kier alpha value is -0.990. The fourth-order valence-electron chi connectivity index (χ4n) is 1.36. The summed E-state index contributed by atoms with van der Waals surface area (Å²) >= 11 is 12.2. The normalized spacial score (nSPS) is 10.7. The summed E-state index contributed by atoms with van der Waals surface area (Å²) in [5.74, 6) is 0. The summed E-state index contributed by atoms with van der Waals surface area (Å²) in [6.45, 7) is 3.87. The van der Waals surface area contributed by atoms with E-state index in [0.29, 0.717) is 10.2 Å². The summed E-state index contributed by atoms with van der Waals surface area (Å²) in [4.78, 5) is 0. The second-order valence-electron chi connectivity index (χ2n) is 3.36. The van der Waals surface area contributed by atoms with E-state index in [1.54, 1.807) is 4.68 Å². The van der Waals surface area contributed by atoms with Crippen LogP contribution in [0.5, 0.6) is 0 Å². The zero-order valence-electron chi connectivity index (χ0n) is 8.46. The molecule has 0 fully saturated rings. The van der Waals surface area contributed by atoms with Crippen LogP contribution >= 0.6 is 23.2 Å². The van der Waals surface area contributed by atoms with E-state index in [1.165, 1.54) is 0 Å². The fraction of sp³-hybridized carbons (Fsp3) is 0.182. The van der Waals surface area contributed by atoms with Gasteiger partial charge in [-0.15, -0.1) is 0 Å². The molecule has 15 heavy (non-hydrogen) atoms. The minimum Gasteiger partial charge on any atom is -0.220 e. The fourth-order valence-corrected chi connectivity index (χ4v) is 1.84. The molecule has 1 aromatic heterocycles. The Labute approximate surface area is 98.4 Å². The number of aryl methyl sites for hydroxylation is 1. The van der Waals surface area contributed by atoms with Crippen LogP contribution in [-0.2, 0) is 0 Å². The van der Waals surface area contributed by atoms with Gasteiger partial charge in [-0.2, -0.15) is 5.10 Å². The summed E-state index contributed by atoms with van der Waals surface area (Å²) < 4.78 is 1.66. The van der Waals surface area contributed by atoms with Gasteiger partial charge in [0.05, 0.1) is 16.4 Å². The molecule has 4 heteroatoms. The van der Waals surface area contributed by atoms with Gasteiger partial charge in [0.2, 0.25) is 0 Å². The maximum atomic E-state index is 6.16. The van der Waals surface area contributed by atoms with Gasteiger partial charge in [-0.25, -0.2) is 4.68 Å². The Kier molecular flexibility index (Phi) is 2.72. The van der Waals surface area contributed by atoms with E-state index in [1.807, 2.05) is 38.1 Å². The molecular formula is C11H10Cl2N2. The van der Waals surface area contributed by atoms with Gasteiger partial charge < -0.3 is 0 Å². The third-order valence-electron chi connectivity index (χ3n) is 2.37. The van der Waals surface area contributed by atoms with E-state index < -0.39 is 0 Å². The third kappa shape index (κ3) is 1.75. The molecule has 1 aromatic carbocycles. The molecule has 0 unspecified atom stereocenters. The van der Waals surface area contributed by atoms with Crippen molar-refractivity contribution in [2.24, 2.45) is 0 Å². The predicted octanol–water partition coefficient (Wildman–Crippen LogP) is 3.80. The lowest BCUT2D eigenvalue weighted by molar-refractivity contribution is 0.863. The van der Waals surface area contributed by atoms with Crippen LogP contribution in [0.15, 0.2) is 24.3 Å². The summed E-state index contributed by atoms with van der Waals surface area (Å²) in [6.07, 6.45) is 0. The van der Waals surface area contributed by atoms with Crippen molar-refractivity contribution in [2.45, 2.75) is 13.8 Å². The maximum absolute atomic E-state index is 6.16. The molecule has 0 amide bonds. The van der Waals surface area contributed by atoms with Gasteiger partial charge in [-0.1, -0.05) is 35.3 Å². The first-order chi connectivity index (χ1) is 7.11. The highest BCUT2D eigenvalue weighted by Gasteiger charge is 2.12. The van der Waals surface area contributed by atoms with E-state index in [9.17, 15) is 0 Å². The topological polar surface area (TPSA) is 17.8 Å². The SMILES string of the molecule is Cc1nn(-c2ccccc2Cl)c(Cl)c1C. The first kappa shape index (κ1) is 10.5. The minimum absolute atomic E-state index is 0.612. The number of aromatic nitrogens is 2. The van der Waals surface area contributed by atoms with Crippen LogP contribution < -0.4 is 0 Å². The highest BCUT2D eigenvalue weighted by atomic mass is 35.5. The van der Waals surface area contributed by atoms with Crippen molar-refractivity contribution in [2.75, 3.05) is 0 Å². The Morgan fingerprint density at radius 3 is 2.33 bits per heavy atom. The number of rotatable bonds is 1. The number of nitrogens with zero attached hydrogens (tertiary/aromatic N) is 2. The summed E-state index contributed by atoms with van der Waals surface area (Å²) in [6, 6.07) is 7.49. The van der Waals surface area contributed by atoms with Crippen LogP contribution in [0.3, 0.4) is 0 Å². The van der Waals surface area contributed by atoms with Crippen LogP contribution in [0, 0.1) is 13.8 Å². The Bertz CT molecular complexity index is 503. The van der Waals surface area contributed by atoms with E-state index in [4.69, 9.17) is 23.2 Å². The Morgan fingerprint density at radius 1 is 1.13 bits per heavy atom. The maximum Gasteiger partial charge on any atom is 0.136 e. The Morgan fingerprint density at radius 2 is 1.80 bits per heavy atom. The van der Waals surface area contributed by atoms with Gasteiger partial charge in [0.15, 0.2) is 0 Å². The first-order valence-electron chi connectivity index (χ1n) is 4.58. The van der Waals surface area contributed by atoms with Gasteiger partial charge in [0.25, 0.3) is 0 Å². The van der Waals surface area contributed by atoms with Crippen molar-refractivity contribution in [3.63, 3.8) is 0 Å². The average Bonchev–Trinajstić information content (AvgIpc) is 2.47. The number of benzene rings is 1. The van der Waals surface area contributed by atoms with E-state index in [0.717, 1.165) is 16.9 Å². The van der Waals surface area contributed by atoms with Crippen LogP contribution in [0.4, 0.5) is 0 Å². The molecule has 0 spiro atoms. The molecule has 0 aliphatic carbocycles. The molecule has 0 radical (unpaired) electrons. The predicted molar refractivity (Wildman–Crippen MR) is 63.1 cm³/mol. The van der Waals surface area contributed by atoms with Crippen molar-refractivity contribution in [1.29, 1.82) is 0 Å². The summed E-state index contributed by atoms with van der Waals surface area (Å²) in [5.41, 5.74) is 2.71. The first-order valence-corrected chi connectivity index (χ1v) is 5.33. The van der Waals surface area contributed by atoms with Crippen molar-refractivity contribution in [3.05, 3.63) is 45.7 Å². The standard InChI is InChI=1S/C11H10Cl2N2/c1-7-8(2)14-15(11(7)13)10-6-4-3-5-9(10)12/h3-6H,1-2H3. The number of para-hydroxylation sites is 1. The molecule has 0 saturated carbocycles.